The molecular formula is C20H25ClN2O3. The zero-order chi connectivity index (χ0) is 17.7. The third kappa shape index (κ3) is 4.75. The molecule has 3 N–H and O–H groups in total. The molecule has 1 fully saturated rings. The summed E-state index contributed by atoms with van der Waals surface area (Å²) in [5.74, 6) is 1.48. The highest BCUT2D eigenvalue weighted by molar-refractivity contribution is 5.95. The third-order valence-corrected chi connectivity index (χ3v) is 4.66. The molecule has 1 saturated heterocycles. The van der Waals surface area contributed by atoms with Crippen LogP contribution in [0.3, 0.4) is 0 Å². The lowest BCUT2D eigenvalue weighted by Gasteiger charge is -2.34. The Morgan fingerprint density at radius 1 is 1.15 bits per heavy atom. The van der Waals surface area contributed by atoms with Crippen molar-refractivity contribution in [1.29, 1.82) is 0 Å². The summed E-state index contributed by atoms with van der Waals surface area (Å²) in [6.45, 7) is 3.51. The van der Waals surface area contributed by atoms with Crippen molar-refractivity contribution in [1.82, 2.24) is 0 Å². The lowest BCUT2D eigenvalue weighted by molar-refractivity contribution is -0.130. The first-order chi connectivity index (χ1) is 12.1. The molecule has 1 heterocycles. The standard InChI is InChI=1S/C20H24N2O3.ClH/c1-15-3-2-4-18(13-15)25-17-7-5-16(6-8-17)22-19(23)20(14-21)9-11-24-12-10-20;/h2-8,13H,9-12,14,21H2,1H3,(H,22,23);1H. The van der Waals surface area contributed by atoms with Crippen molar-refractivity contribution in [2.75, 3.05) is 25.1 Å². The number of amides is 1. The summed E-state index contributed by atoms with van der Waals surface area (Å²) in [4.78, 5) is 12.7. The van der Waals surface area contributed by atoms with E-state index in [1.54, 1.807) is 0 Å². The van der Waals surface area contributed by atoms with E-state index >= 15 is 0 Å². The van der Waals surface area contributed by atoms with Crippen LogP contribution in [0.25, 0.3) is 0 Å². The van der Waals surface area contributed by atoms with Gasteiger partial charge in [0.25, 0.3) is 0 Å². The Morgan fingerprint density at radius 2 is 1.85 bits per heavy atom. The summed E-state index contributed by atoms with van der Waals surface area (Å²) in [6, 6.07) is 15.2. The van der Waals surface area contributed by atoms with Crippen LogP contribution in [0.4, 0.5) is 5.69 Å². The third-order valence-electron chi connectivity index (χ3n) is 4.66. The molecule has 0 saturated carbocycles. The first-order valence-electron chi connectivity index (χ1n) is 8.55. The van der Waals surface area contributed by atoms with Crippen molar-refractivity contribution in [3.63, 3.8) is 0 Å². The molecule has 0 unspecified atom stereocenters. The number of halogens is 1. The smallest absolute Gasteiger partial charge is 0.232 e. The average molecular weight is 377 g/mol. The van der Waals surface area contributed by atoms with Crippen molar-refractivity contribution < 1.29 is 14.3 Å². The first-order valence-corrected chi connectivity index (χ1v) is 8.55. The molecule has 0 aromatic heterocycles. The van der Waals surface area contributed by atoms with Crippen LogP contribution in [0.15, 0.2) is 48.5 Å². The molecule has 6 heteroatoms. The largest absolute Gasteiger partial charge is 0.457 e. The van der Waals surface area contributed by atoms with E-state index in [2.05, 4.69) is 5.32 Å². The maximum Gasteiger partial charge on any atom is 0.232 e. The Hall–Kier alpha value is -2.08. The second-order valence-corrected chi connectivity index (χ2v) is 6.49. The fourth-order valence-electron chi connectivity index (χ4n) is 2.97. The molecule has 2 aromatic rings. The zero-order valence-electron chi connectivity index (χ0n) is 14.9. The molecule has 0 bridgehead atoms. The maximum absolute atomic E-state index is 12.7. The summed E-state index contributed by atoms with van der Waals surface area (Å²) in [5.41, 5.74) is 7.23. The molecule has 26 heavy (non-hydrogen) atoms. The van der Waals surface area contributed by atoms with Gasteiger partial charge in [0.15, 0.2) is 0 Å². The number of aryl methyl sites for hydroxylation is 1. The Morgan fingerprint density at radius 3 is 2.46 bits per heavy atom. The summed E-state index contributed by atoms with van der Waals surface area (Å²) in [5, 5.41) is 2.97. The highest BCUT2D eigenvalue weighted by Crippen LogP contribution is 2.31. The van der Waals surface area contributed by atoms with E-state index < -0.39 is 5.41 Å². The highest BCUT2D eigenvalue weighted by Gasteiger charge is 2.38. The number of nitrogens with two attached hydrogens (primary N) is 1. The number of hydrogen-bond acceptors (Lipinski definition) is 4. The number of benzene rings is 2. The maximum atomic E-state index is 12.7. The van der Waals surface area contributed by atoms with Crippen LogP contribution >= 0.6 is 12.4 Å². The van der Waals surface area contributed by atoms with Gasteiger partial charge in [-0.1, -0.05) is 12.1 Å². The zero-order valence-corrected chi connectivity index (χ0v) is 15.7. The SMILES string of the molecule is Cc1cccc(Oc2ccc(NC(=O)C3(CN)CCOCC3)cc2)c1.Cl. The van der Waals surface area contributed by atoms with Crippen LogP contribution in [-0.4, -0.2) is 25.7 Å². The van der Waals surface area contributed by atoms with Crippen molar-refractivity contribution >= 4 is 24.0 Å². The number of anilines is 1. The number of rotatable bonds is 5. The molecule has 1 aliphatic rings. The molecule has 0 aliphatic carbocycles. The Kier molecular flexibility index (Phi) is 7.03. The topological polar surface area (TPSA) is 73.6 Å². The average Bonchev–Trinajstić information content (AvgIpc) is 2.64. The summed E-state index contributed by atoms with van der Waals surface area (Å²) >= 11 is 0. The minimum absolute atomic E-state index is 0. The minimum atomic E-state index is -0.533. The predicted molar refractivity (Wildman–Crippen MR) is 105 cm³/mol. The van der Waals surface area contributed by atoms with Crippen molar-refractivity contribution in [3.8, 4) is 11.5 Å². The monoisotopic (exact) mass is 376 g/mol. The van der Waals surface area contributed by atoms with Crippen molar-refractivity contribution in [2.24, 2.45) is 11.1 Å². The number of nitrogens with one attached hydrogen (secondary N) is 1. The second kappa shape index (κ2) is 9.03. The predicted octanol–water partition coefficient (Wildman–Crippen LogP) is 3.90. The van der Waals surface area contributed by atoms with Gasteiger partial charge in [0.2, 0.25) is 5.91 Å². The van der Waals surface area contributed by atoms with Gasteiger partial charge in [-0.3, -0.25) is 4.79 Å². The van der Waals surface area contributed by atoms with Crippen LogP contribution in [0, 0.1) is 12.3 Å². The van der Waals surface area contributed by atoms with E-state index in [1.807, 2.05) is 55.5 Å². The Balaban J connectivity index is 0.00000243. The fraction of sp³-hybridized carbons (Fsp3) is 0.350. The van der Waals surface area contributed by atoms with Crippen LogP contribution in [-0.2, 0) is 9.53 Å². The molecule has 3 rings (SSSR count). The van der Waals surface area contributed by atoms with E-state index in [-0.39, 0.29) is 18.3 Å². The fourth-order valence-corrected chi connectivity index (χ4v) is 2.97. The van der Waals surface area contributed by atoms with Gasteiger partial charge < -0.3 is 20.5 Å². The molecular weight excluding hydrogens is 352 g/mol. The molecule has 0 spiro atoms. The lowest BCUT2D eigenvalue weighted by Crippen LogP contribution is -2.46. The van der Waals surface area contributed by atoms with E-state index in [0.717, 1.165) is 22.7 Å². The number of carbonyl (C=O) groups is 1. The van der Waals surface area contributed by atoms with Crippen molar-refractivity contribution in [3.05, 3.63) is 54.1 Å². The lowest BCUT2D eigenvalue weighted by atomic mass is 9.79. The molecule has 1 amide bonds. The van der Waals surface area contributed by atoms with E-state index in [4.69, 9.17) is 15.2 Å². The van der Waals surface area contributed by atoms with E-state index in [0.29, 0.717) is 32.6 Å². The molecule has 5 nitrogen and oxygen atoms in total. The first kappa shape index (κ1) is 20.2. The Bertz CT molecular complexity index is 728. The summed E-state index contributed by atoms with van der Waals surface area (Å²) in [6.07, 6.45) is 1.31. The van der Waals surface area contributed by atoms with Gasteiger partial charge >= 0.3 is 0 Å². The molecule has 1 aliphatic heterocycles. The van der Waals surface area contributed by atoms with Gasteiger partial charge in [-0.05, 0) is 61.7 Å². The van der Waals surface area contributed by atoms with Gasteiger partial charge in [-0.25, -0.2) is 0 Å². The minimum Gasteiger partial charge on any atom is -0.457 e. The molecule has 140 valence electrons. The van der Waals surface area contributed by atoms with Crippen LogP contribution < -0.4 is 15.8 Å². The molecule has 0 radical (unpaired) electrons. The Labute approximate surface area is 160 Å². The molecule has 2 aromatic carbocycles. The molecule has 0 atom stereocenters. The number of ether oxygens (including phenoxy) is 2. The highest BCUT2D eigenvalue weighted by atomic mass is 35.5. The normalized spacial score (nSPS) is 15.6. The van der Waals surface area contributed by atoms with Crippen molar-refractivity contribution in [2.45, 2.75) is 19.8 Å². The number of carbonyl (C=O) groups excluding carboxylic acids is 1. The van der Waals surface area contributed by atoms with Crippen LogP contribution in [0.5, 0.6) is 11.5 Å². The quantitative estimate of drug-likeness (QED) is 0.829. The number of hydrogen-bond donors (Lipinski definition) is 2. The van der Waals surface area contributed by atoms with Gasteiger partial charge in [-0.15, -0.1) is 12.4 Å². The van der Waals surface area contributed by atoms with Crippen LogP contribution in [0.2, 0.25) is 0 Å². The van der Waals surface area contributed by atoms with Gasteiger partial charge in [0, 0.05) is 25.4 Å². The summed E-state index contributed by atoms with van der Waals surface area (Å²) < 4.78 is 11.2. The second-order valence-electron chi connectivity index (χ2n) is 6.49. The van der Waals surface area contributed by atoms with Gasteiger partial charge in [-0.2, -0.15) is 0 Å². The van der Waals surface area contributed by atoms with Gasteiger partial charge in [0.1, 0.15) is 11.5 Å². The summed E-state index contributed by atoms with van der Waals surface area (Å²) in [7, 11) is 0. The van der Waals surface area contributed by atoms with Crippen LogP contribution in [0.1, 0.15) is 18.4 Å². The van der Waals surface area contributed by atoms with Gasteiger partial charge in [0.05, 0.1) is 5.41 Å². The van der Waals surface area contributed by atoms with E-state index in [9.17, 15) is 4.79 Å². The van der Waals surface area contributed by atoms with E-state index in [1.165, 1.54) is 0 Å².